The van der Waals surface area contributed by atoms with Gasteiger partial charge >= 0.3 is 0 Å². The lowest BCUT2D eigenvalue weighted by atomic mass is 10.2. The number of anilines is 1. The minimum absolute atomic E-state index is 0.0319. The Morgan fingerprint density at radius 3 is 2.52 bits per heavy atom. The molecule has 0 saturated heterocycles. The first-order valence-electron chi connectivity index (χ1n) is 6.37. The summed E-state index contributed by atoms with van der Waals surface area (Å²) in [6.45, 7) is 5.76. The second-order valence-electron chi connectivity index (χ2n) is 4.46. The molecule has 0 atom stereocenters. The van der Waals surface area contributed by atoms with E-state index in [1.807, 2.05) is 38.1 Å². The fourth-order valence-electron chi connectivity index (χ4n) is 1.57. The highest BCUT2D eigenvalue weighted by molar-refractivity contribution is 5.88. The maximum atomic E-state index is 10.6. The number of hydrogen-bond donors (Lipinski definition) is 1. The number of hydrogen-bond acceptors (Lipinski definition) is 4. The Bertz CT molecular complexity index is 612. The quantitative estimate of drug-likeness (QED) is 0.881. The van der Waals surface area contributed by atoms with Crippen molar-refractivity contribution in [2.45, 2.75) is 20.8 Å². The molecule has 0 fully saturated rings. The Kier molecular flexibility index (Phi) is 6.60. The average molecular weight is 286 g/mol. The molecule has 0 unspecified atom stereocenters. The highest BCUT2D eigenvalue weighted by atomic mass is 16.5. The zero-order valence-electron chi connectivity index (χ0n) is 12.3. The maximum Gasteiger partial charge on any atom is 0.298 e. The highest BCUT2D eigenvalue weighted by Crippen LogP contribution is 2.09. The van der Waals surface area contributed by atoms with Crippen LogP contribution >= 0.6 is 0 Å². The summed E-state index contributed by atoms with van der Waals surface area (Å²) in [6, 6.07) is 9.45. The molecule has 21 heavy (non-hydrogen) atoms. The number of nitrogens with zero attached hydrogens (tertiary/aromatic N) is 1. The van der Waals surface area contributed by atoms with Crippen molar-refractivity contribution in [3.8, 4) is 5.75 Å². The number of ether oxygens (including phenoxy) is 1. The van der Waals surface area contributed by atoms with E-state index in [0.717, 1.165) is 16.8 Å². The van der Waals surface area contributed by atoms with Crippen LogP contribution in [0.25, 0.3) is 0 Å². The number of benzene rings is 1. The number of aryl methyl sites for hydroxylation is 2. The first kappa shape index (κ1) is 16.4. The van der Waals surface area contributed by atoms with Gasteiger partial charge in [0.25, 0.3) is 6.47 Å². The van der Waals surface area contributed by atoms with Crippen molar-refractivity contribution >= 4 is 18.1 Å². The highest BCUT2D eigenvalue weighted by Gasteiger charge is 1.93. The number of rotatable bonds is 3. The van der Waals surface area contributed by atoms with E-state index in [4.69, 9.17) is 0 Å². The van der Waals surface area contributed by atoms with E-state index < -0.39 is 0 Å². The molecule has 0 aliphatic heterocycles. The van der Waals surface area contributed by atoms with Crippen LogP contribution in [0.5, 0.6) is 5.75 Å². The fourth-order valence-corrected chi connectivity index (χ4v) is 1.57. The van der Waals surface area contributed by atoms with Gasteiger partial charge in [-0.2, -0.15) is 0 Å². The van der Waals surface area contributed by atoms with Gasteiger partial charge in [0.15, 0.2) is 0 Å². The summed E-state index contributed by atoms with van der Waals surface area (Å²) in [6.07, 6.45) is 3.18. The van der Waals surface area contributed by atoms with Crippen LogP contribution in [0.15, 0.2) is 42.7 Å². The molecule has 0 aliphatic rings. The topological polar surface area (TPSA) is 68.3 Å². The second-order valence-corrected chi connectivity index (χ2v) is 4.46. The molecule has 110 valence electrons. The van der Waals surface area contributed by atoms with Gasteiger partial charge < -0.3 is 10.1 Å². The smallest absolute Gasteiger partial charge is 0.298 e. The van der Waals surface area contributed by atoms with Crippen molar-refractivity contribution in [2.24, 2.45) is 0 Å². The van der Waals surface area contributed by atoms with E-state index in [2.05, 4.69) is 15.0 Å². The number of amides is 1. The number of aromatic nitrogens is 1. The summed E-state index contributed by atoms with van der Waals surface area (Å²) in [5.41, 5.74) is 2.98. The molecule has 5 heteroatoms. The Balaban J connectivity index is 0.000000211. The summed E-state index contributed by atoms with van der Waals surface area (Å²) < 4.78 is 4.54. The minimum atomic E-state index is -0.0319. The molecule has 1 aromatic heterocycles. The third-order valence-electron chi connectivity index (χ3n) is 2.37. The van der Waals surface area contributed by atoms with Gasteiger partial charge in [-0.05, 0) is 43.2 Å². The van der Waals surface area contributed by atoms with Gasteiger partial charge in [0.2, 0.25) is 5.91 Å². The fraction of sp³-hybridized carbons (Fsp3) is 0.188. The summed E-state index contributed by atoms with van der Waals surface area (Å²) in [4.78, 5) is 24.3. The van der Waals surface area contributed by atoms with Crippen molar-refractivity contribution in [3.05, 3.63) is 53.9 Å². The van der Waals surface area contributed by atoms with Crippen molar-refractivity contribution in [2.75, 3.05) is 5.32 Å². The van der Waals surface area contributed by atoms with Crippen LogP contribution in [0.2, 0.25) is 0 Å². The zero-order chi connectivity index (χ0) is 15.7. The molecule has 1 amide bonds. The molecule has 0 saturated carbocycles. The van der Waals surface area contributed by atoms with Gasteiger partial charge in [-0.15, -0.1) is 0 Å². The molecule has 0 aliphatic carbocycles. The number of pyridine rings is 1. The minimum Gasteiger partial charge on any atom is -0.427 e. The molecule has 2 rings (SSSR count). The molecule has 5 nitrogen and oxygen atoms in total. The van der Waals surface area contributed by atoms with Crippen molar-refractivity contribution in [1.82, 2.24) is 4.98 Å². The monoisotopic (exact) mass is 286 g/mol. The molecule has 0 bridgehead atoms. The molecule has 1 N–H and O–H groups in total. The molecule has 2 aromatic rings. The average Bonchev–Trinajstić information content (AvgIpc) is 2.39. The van der Waals surface area contributed by atoms with Crippen LogP contribution < -0.4 is 10.1 Å². The second kappa shape index (κ2) is 8.47. The van der Waals surface area contributed by atoms with Crippen molar-refractivity contribution in [1.29, 1.82) is 0 Å². The van der Waals surface area contributed by atoms with Gasteiger partial charge in [-0.25, -0.2) is 0 Å². The lowest BCUT2D eigenvalue weighted by Crippen LogP contribution is -2.05. The molecule has 1 aromatic carbocycles. The van der Waals surface area contributed by atoms with Gasteiger partial charge in [0.05, 0.1) is 6.20 Å². The predicted molar refractivity (Wildman–Crippen MR) is 81.1 cm³/mol. The van der Waals surface area contributed by atoms with Crippen LogP contribution in [0.1, 0.15) is 18.1 Å². The zero-order valence-corrected chi connectivity index (χ0v) is 12.3. The van der Waals surface area contributed by atoms with Gasteiger partial charge in [0.1, 0.15) is 5.75 Å². The first-order chi connectivity index (χ1) is 10.0. The number of carbonyl (C=O) groups excluding carboxylic acids is 2. The van der Waals surface area contributed by atoms with E-state index in [-0.39, 0.29) is 5.91 Å². The van der Waals surface area contributed by atoms with Gasteiger partial charge in [-0.3, -0.25) is 14.6 Å². The summed E-state index contributed by atoms with van der Waals surface area (Å²) in [5, 5.41) is 2.71. The Morgan fingerprint density at radius 2 is 1.95 bits per heavy atom. The van der Waals surface area contributed by atoms with Crippen molar-refractivity contribution in [3.63, 3.8) is 0 Å². The summed E-state index contributed by atoms with van der Waals surface area (Å²) >= 11 is 0. The van der Waals surface area contributed by atoms with E-state index >= 15 is 0 Å². The Hall–Kier alpha value is -2.69. The predicted octanol–water partition coefficient (Wildman–Crippen LogP) is 2.88. The summed E-state index contributed by atoms with van der Waals surface area (Å²) in [5.74, 6) is 0.450. The molecule has 0 radical (unpaired) electrons. The van der Waals surface area contributed by atoms with Crippen molar-refractivity contribution < 1.29 is 14.3 Å². The third kappa shape index (κ3) is 6.87. The molecule has 0 spiro atoms. The van der Waals surface area contributed by atoms with Crippen LogP contribution in [-0.2, 0) is 9.59 Å². The van der Waals surface area contributed by atoms with E-state index in [9.17, 15) is 9.59 Å². The van der Waals surface area contributed by atoms with Crippen LogP contribution in [0.4, 0.5) is 5.69 Å². The Morgan fingerprint density at radius 1 is 1.19 bits per heavy atom. The van der Waals surface area contributed by atoms with Crippen LogP contribution in [0.3, 0.4) is 0 Å². The standard InChI is InChI=1S/C9H11NO.C7H7NO2/c1-7-4-3-5-9(6-7)10-8(2)11;1-6-2-7(10-5-9)4-8-3-6/h3-6H,1-2H3,(H,10,11);2-5H,1H3. The number of carbonyl (C=O) groups is 2. The maximum absolute atomic E-state index is 10.6. The van der Waals surface area contributed by atoms with E-state index in [0.29, 0.717) is 12.2 Å². The number of nitrogens with one attached hydrogen (secondary N) is 1. The van der Waals surface area contributed by atoms with Crippen LogP contribution in [0, 0.1) is 13.8 Å². The van der Waals surface area contributed by atoms with Gasteiger partial charge in [-0.1, -0.05) is 12.1 Å². The third-order valence-corrected chi connectivity index (χ3v) is 2.37. The summed E-state index contributed by atoms with van der Waals surface area (Å²) in [7, 11) is 0. The molecular weight excluding hydrogens is 268 g/mol. The molecular formula is C16H18N2O3. The largest absolute Gasteiger partial charge is 0.427 e. The molecule has 1 heterocycles. The lowest BCUT2D eigenvalue weighted by Gasteiger charge is -2.01. The lowest BCUT2D eigenvalue weighted by molar-refractivity contribution is -0.120. The first-order valence-corrected chi connectivity index (χ1v) is 6.37. The van der Waals surface area contributed by atoms with Gasteiger partial charge in [0, 0.05) is 18.8 Å². The van der Waals surface area contributed by atoms with E-state index in [1.165, 1.54) is 13.1 Å². The SMILES string of the molecule is CC(=O)Nc1cccc(C)c1.Cc1cncc(OC=O)c1. The van der Waals surface area contributed by atoms with E-state index in [1.54, 1.807) is 12.3 Å². The Labute approximate surface area is 124 Å². The normalized spacial score (nSPS) is 9.10. The van der Waals surface area contributed by atoms with Crippen LogP contribution in [-0.4, -0.2) is 17.4 Å².